The van der Waals surface area contributed by atoms with Crippen LogP contribution in [0.25, 0.3) is 0 Å². The van der Waals surface area contributed by atoms with Crippen molar-refractivity contribution in [2.24, 2.45) is 5.92 Å². The SMILES string of the molecule is CCC(C)C1C(=O)Nc2ccccc2CN1c1ncc(N)c(OC)n1. The highest BCUT2D eigenvalue weighted by Crippen LogP contribution is 2.31. The molecule has 0 bridgehead atoms. The number of para-hydroxylation sites is 1. The van der Waals surface area contributed by atoms with E-state index in [2.05, 4.69) is 29.1 Å². The number of hydrogen-bond acceptors (Lipinski definition) is 6. The van der Waals surface area contributed by atoms with Gasteiger partial charge in [-0.3, -0.25) is 4.79 Å². The van der Waals surface area contributed by atoms with Crippen molar-refractivity contribution in [3.05, 3.63) is 36.0 Å². The minimum absolute atomic E-state index is 0.0568. The molecule has 7 heteroatoms. The topological polar surface area (TPSA) is 93.4 Å². The average Bonchev–Trinajstić information content (AvgIpc) is 2.77. The number of nitrogens with one attached hydrogen (secondary N) is 1. The van der Waals surface area contributed by atoms with Crippen molar-refractivity contribution in [2.45, 2.75) is 32.9 Å². The molecular formula is C18H23N5O2. The molecule has 3 N–H and O–H groups in total. The average molecular weight is 341 g/mol. The van der Waals surface area contributed by atoms with E-state index < -0.39 is 0 Å². The summed E-state index contributed by atoms with van der Waals surface area (Å²) in [5.41, 5.74) is 8.04. The molecule has 25 heavy (non-hydrogen) atoms. The molecule has 1 aromatic carbocycles. The summed E-state index contributed by atoms with van der Waals surface area (Å²) in [7, 11) is 1.51. The Morgan fingerprint density at radius 3 is 2.92 bits per heavy atom. The number of nitrogens with zero attached hydrogens (tertiary/aromatic N) is 3. The van der Waals surface area contributed by atoms with Crippen LogP contribution in [0.3, 0.4) is 0 Å². The zero-order valence-electron chi connectivity index (χ0n) is 14.7. The summed E-state index contributed by atoms with van der Waals surface area (Å²) in [6.45, 7) is 4.65. The maximum Gasteiger partial charge on any atom is 0.247 e. The Bertz CT molecular complexity index is 780. The van der Waals surface area contributed by atoms with E-state index in [1.54, 1.807) is 0 Å². The summed E-state index contributed by atoms with van der Waals surface area (Å²) < 4.78 is 5.22. The van der Waals surface area contributed by atoms with Crippen LogP contribution in [0.2, 0.25) is 0 Å². The van der Waals surface area contributed by atoms with Crippen molar-refractivity contribution < 1.29 is 9.53 Å². The number of carbonyl (C=O) groups is 1. The van der Waals surface area contributed by atoms with Crippen LogP contribution in [-0.2, 0) is 11.3 Å². The molecule has 2 unspecified atom stereocenters. The van der Waals surface area contributed by atoms with Crippen molar-refractivity contribution in [2.75, 3.05) is 23.1 Å². The number of ether oxygens (including phenoxy) is 1. The summed E-state index contributed by atoms with van der Waals surface area (Å²) in [5, 5.41) is 3.04. The highest BCUT2D eigenvalue weighted by atomic mass is 16.5. The van der Waals surface area contributed by atoms with Crippen LogP contribution in [0, 0.1) is 5.92 Å². The number of aromatic nitrogens is 2. The van der Waals surface area contributed by atoms with Crippen LogP contribution in [0.5, 0.6) is 5.88 Å². The van der Waals surface area contributed by atoms with Crippen LogP contribution in [0.15, 0.2) is 30.5 Å². The van der Waals surface area contributed by atoms with Crippen molar-refractivity contribution in [3.63, 3.8) is 0 Å². The van der Waals surface area contributed by atoms with Gasteiger partial charge in [0.25, 0.3) is 0 Å². The molecule has 132 valence electrons. The van der Waals surface area contributed by atoms with Crippen molar-refractivity contribution >= 4 is 23.2 Å². The third-order valence-electron chi connectivity index (χ3n) is 4.62. The van der Waals surface area contributed by atoms with E-state index in [9.17, 15) is 4.79 Å². The van der Waals surface area contributed by atoms with E-state index >= 15 is 0 Å². The number of amides is 1. The number of hydrogen-bond donors (Lipinski definition) is 2. The lowest BCUT2D eigenvalue weighted by molar-refractivity contribution is -0.118. The third kappa shape index (κ3) is 3.22. The van der Waals surface area contributed by atoms with E-state index in [-0.39, 0.29) is 17.9 Å². The molecule has 2 aromatic rings. The zero-order valence-corrected chi connectivity index (χ0v) is 14.7. The van der Waals surface area contributed by atoms with Gasteiger partial charge in [0.05, 0.1) is 13.3 Å². The largest absolute Gasteiger partial charge is 0.479 e. The summed E-state index contributed by atoms with van der Waals surface area (Å²) >= 11 is 0. The Hall–Kier alpha value is -2.83. The number of carbonyl (C=O) groups excluding carboxylic acids is 1. The fraction of sp³-hybridized carbons (Fsp3) is 0.389. The predicted octanol–water partition coefficient (Wildman–Crippen LogP) is 2.44. The lowest BCUT2D eigenvalue weighted by atomic mass is 9.97. The van der Waals surface area contributed by atoms with Gasteiger partial charge in [-0.05, 0) is 17.5 Å². The van der Waals surface area contributed by atoms with Gasteiger partial charge in [0.15, 0.2) is 0 Å². The molecule has 1 amide bonds. The fourth-order valence-electron chi connectivity index (χ4n) is 3.06. The Balaban J connectivity index is 2.09. The van der Waals surface area contributed by atoms with Crippen LogP contribution in [-0.4, -0.2) is 29.0 Å². The Kier molecular flexibility index (Phi) is 4.74. The van der Waals surface area contributed by atoms with Gasteiger partial charge in [0.2, 0.25) is 17.7 Å². The molecule has 0 spiro atoms. The second-order valence-corrected chi connectivity index (χ2v) is 6.24. The predicted molar refractivity (Wildman–Crippen MR) is 97.5 cm³/mol. The number of nitrogens with two attached hydrogens (primary N) is 1. The van der Waals surface area contributed by atoms with Crippen LogP contribution < -0.4 is 20.7 Å². The first-order valence-electron chi connectivity index (χ1n) is 8.37. The summed E-state index contributed by atoms with van der Waals surface area (Å²) in [6.07, 6.45) is 2.38. The van der Waals surface area contributed by atoms with Gasteiger partial charge in [-0.25, -0.2) is 4.98 Å². The third-order valence-corrected chi connectivity index (χ3v) is 4.62. The van der Waals surface area contributed by atoms with E-state index in [0.29, 0.717) is 24.1 Å². The number of methoxy groups -OCH3 is 1. The minimum atomic E-state index is -0.384. The summed E-state index contributed by atoms with van der Waals surface area (Å²) in [5.74, 6) is 0.814. The first kappa shape index (κ1) is 17.0. The summed E-state index contributed by atoms with van der Waals surface area (Å²) in [6, 6.07) is 7.39. The number of fused-ring (bicyclic) bond motifs is 1. The zero-order chi connectivity index (χ0) is 18.0. The highest BCUT2D eigenvalue weighted by molar-refractivity contribution is 5.98. The molecular weight excluding hydrogens is 318 g/mol. The van der Waals surface area contributed by atoms with Crippen molar-refractivity contribution in [1.29, 1.82) is 0 Å². The lowest BCUT2D eigenvalue weighted by Crippen LogP contribution is -2.47. The second-order valence-electron chi connectivity index (χ2n) is 6.24. The van der Waals surface area contributed by atoms with Gasteiger partial charge in [-0.1, -0.05) is 38.5 Å². The molecule has 0 saturated carbocycles. The summed E-state index contributed by atoms with van der Waals surface area (Å²) in [4.78, 5) is 23.6. The quantitative estimate of drug-likeness (QED) is 0.887. The molecule has 0 radical (unpaired) electrons. The monoisotopic (exact) mass is 341 g/mol. The van der Waals surface area contributed by atoms with Gasteiger partial charge in [0, 0.05) is 12.2 Å². The first-order chi connectivity index (χ1) is 12.0. The van der Waals surface area contributed by atoms with E-state index in [1.165, 1.54) is 13.3 Å². The fourth-order valence-corrected chi connectivity index (χ4v) is 3.06. The Morgan fingerprint density at radius 1 is 1.44 bits per heavy atom. The molecule has 1 aromatic heterocycles. The van der Waals surface area contributed by atoms with Gasteiger partial charge in [-0.2, -0.15) is 4.98 Å². The van der Waals surface area contributed by atoms with E-state index in [4.69, 9.17) is 10.5 Å². The maximum atomic E-state index is 12.9. The van der Waals surface area contributed by atoms with Gasteiger partial charge < -0.3 is 20.7 Å². The maximum absolute atomic E-state index is 12.9. The molecule has 7 nitrogen and oxygen atoms in total. The molecule has 1 aliphatic heterocycles. The van der Waals surface area contributed by atoms with Crippen molar-refractivity contribution in [1.82, 2.24) is 9.97 Å². The van der Waals surface area contributed by atoms with E-state index in [1.807, 2.05) is 29.2 Å². The van der Waals surface area contributed by atoms with E-state index in [0.717, 1.165) is 17.7 Å². The number of nitrogen functional groups attached to an aromatic ring is 1. The number of anilines is 3. The normalized spacial score (nSPS) is 18.1. The molecule has 1 aliphatic rings. The molecule has 3 rings (SSSR count). The Labute approximate surface area is 147 Å². The molecule has 2 atom stereocenters. The van der Waals surface area contributed by atoms with Crippen LogP contribution in [0.4, 0.5) is 17.3 Å². The lowest BCUT2D eigenvalue weighted by Gasteiger charge is -2.32. The molecule has 0 saturated heterocycles. The van der Waals surface area contributed by atoms with Gasteiger partial charge in [0.1, 0.15) is 11.7 Å². The highest BCUT2D eigenvalue weighted by Gasteiger charge is 2.35. The number of rotatable bonds is 4. The Morgan fingerprint density at radius 2 is 2.20 bits per heavy atom. The van der Waals surface area contributed by atoms with Crippen LogP contribution >= 0.6 is 0 Å². The van der Waals surface area contributed by atoms with Gasteiger partial charge >= 0.3 is 0 Å². The molecule has 0 aliphatic carbocycles. The number of benzene rings is 1. The smallest absolute Gasteiger partial charge is 0.247 e. The molecule has 0 fully saturated rings. The van der Waals surface area contributed by atoms with Crippen LogP contribution in [0.1, 0.15) is 25.8 Å². The first-order valence-corrected chi connectivity index (χ1v) is 8.37. The van der Waals surface area contributed by atoms with Gasteiger partial charge in [-0.15, -0.1) is 0 Å². The second kappa shape index (κ2) is 6.96. The standard InChI is InChI=1S/C18H23N5O2/c1-4-11(2)15-16(24)21-14-8-6-5-7-12(14)10-23(15)18-20-9-13(19)17(22-18)25-3/h5-9,11,15H,4,10,19H2,1-3H3,(H,21,24). The van der Waals surface area contributed by atoms with Crippen molar-refractivity contribution in [3.8, 4) is 5.88 Å². The minimum Gasteiger partial charge on any atom is -0.479 e. The molecule has 2 heterocycles.